The molecule has 3 aromatic rings. The average Bonchev–Trinajstić information content (AvgIpc) is 2.77. The third-order valence-corrected chi connectivity index (χ3v) is 5.88. The van der Waals surface area contributed by atoms with Crippen LogP contribution < -0.4 is 10.2 Å². The molecule has 2 heterocycles. The zero-order chi connectivity index (χ0) is 21.1. The Labute approximate surface area is 181 Å². The molecule has 0 unspecified atom stereocenters. The molecule has 0 bridgehead atoms. The monoisotopic (exact) mass is 421 g/mol. The van der Waals surface area contributed by atoms with Gasteiger partial charge in [0, 0.05) is 42.5 Å². The summed E-state index contributed by atoms with van der Waals surface area (Å²) in [6.45, 7) is 6.62. The highest BCUT2D eigenvalue weighted by atomic mass is 35.5. The zero-order valence-electron chi connectivity index (χ0n) is 17.1. The summed E-state index contributed by atoms with van der Waals surface area (Å²) in [6.07, 6.45) is 0. The summed E-state index contributed by atoms with van der Waals surface area (Å²) < 4.78 is 0. The molecule has 0 spiro atoms. The number of nitrogens with zero attached hydrogens (tertiary/aromatic N) is 4. The molecule has 0 saturated carbocycles. The number of benzene rings is 2. The molecule has 1 aliphatic rings. The normalized spacial score (nSPS) is 14.0. The molecule has 4 rings (SSSR count). The van der Waals surface area contributed by atoms with Gasteiger partial charge >= 0.3 is 6.03 Å². The minimum absolute atomic E-state index is 0.110. The van der Waals surface area contributed by atoms with E-state index >= 15 is 0 Å². The summed E-state index contributed by atoms with van der Waals surface area (Å²) >= 11 is 6.14. The highest BCUT2D eigenvalue weighted by Crippen LogP contribution is 2.24. The second-order valence-electron chi connectivity index (χ2n) is 7.41. The maximum Gasteiger partial charge on any atom is 0.321 e. The van der Waals surface area contributed by atoms with Crippen molar-refractivity contribution in [1.82, 2.24) is 15.1 Å². The van der Waals surface area contributed by atoms with Gasteiger partial charge in [-0.3, -0.25) is 0 Å². The number of amides is 2. The number of carbonyl (C=O) groups is 1. The fourth-order valence-corrected chi connectivity index (χ4v) is 3.75. The second kappa shape index (κ2) is 8.71. The lowest BCUT2D eigenvalue weighted by molar-refractivity contribution is 0.208. The van der Waals surface area contributed by atoms with E-state index in [1.807, 2.05) is 54.3 Å². The Balaban J connectivity index is 1.37. The van der Waals surface area contributed by atoms with Crippen LogP contribution in [0.1, 0.15) is 11.1 Å². The quantitative estimate of drug-likeness (QED) is 0.661. The van der Waals surface area contributed by atoms with Crippen molar-refractivity contribution in [2.75, 3.05) is 36.4 Å². The van der Waals surface area contributed by atoms with Gasteiger partial charge in [0.15, 0.2) is 5.82 Å². The summed E-state index contributed by atoms with van der Waals surface area (Å²) in [5, 5.41) is 12.4. The van der Waals surface area contributed by atoms with Crippen LogP contribution in [0.3, 0.4) is 0 Å². The van der Waals surface area contributed by atoms with E-state index in [4.69, 9.17) is 11.6 Å². The smallest absolute Gasteiger partial charge is 0.321 e. The number of aromatic nitrogens is 2. The van der Waals surface area contributed by atoms with Gasteiger partial charge in [-0.25, -0.2) is 4.79 Å². The van der Waals surface area contributed by atoms with E-state index in [1.165, 1.54) is 5.56 Å². The van der Waals surface area contributed by atoms with Crippen molar-refractivity contribution < 1.29 is 4.79 Å². The Bertz CT molecular complexity index is 1050. The minimum atomic E-state index is -0.110. The third kappa shape index (κ3) is 4.24. The summed E-state index contributed by atoms with van der Waals surface area (Å²) in [7, 11) is 0. The zero-order valence-corrected chi connectivity index (χ0v) is 17.9. The number of halogens is 1. The Morgan fingerprint density at radius 2 is 1.70 bits per heavy atom. The van der Waals surface area contributed by atoms with Gasteiger partial charge in [0.25, 0.3) is 0 Å². The van der Waals surface area contributed by atoms with E-state index in [1.54, 1.807) is 0 Å². The van der Waals surface area contributed by atoms with Crippen LogP contribution >= 0.6 is 11.6 Å². The van der Waals surface area contributed by atoms with E-state index in [-0.39, 0.29) is 6.03 Å². The first-order chi connectivity index (χ1) is 14.5. The fourth-order valence-electron chi connectivity index (χ4n) is 3.57. The van der Waals surface area contributed by atoms with Crippen molar-refractivity contribution in [1.29, 1.82) is 0 Å². The van der Waals surface area contributed by atoms with Crippen LogP contribution in [-0.4, -0.2) is 47.3 Å². The Morgan fingerprint density at radius 3 is 2.40 bits per heavy atom. The predicted octanol–water partition coefficient (Wildman–Crippen LogP) is 4.77. The van der Waals surface area contributed by atoms with Crippen molar-refractivity contribution in [2.24, 2.45) is 0 Å². The number of hydrogen-bond acceptors (Lipinski definition) is 4. The molecule has 6 nitrogen and oxygen atoms in total. The molecule has 1 N–H and O–H groups in total. The lowest BCUT2D eigenvalue weighted by Gasteiger charge is -2.35. The van der Waals surface area contributed by atoms with Crippen molar-refractivity contribution in [3.05, 3.63) is 70.7 Å². The molecule has 0 atom stereocenters. The van der Waals surface area contributed by atoms with Crippen LogP contribution in [0.5, 0.6) is 0 Å². The molecule has 7 heteroatoms. The molecule has 1 fully saturated rings. The topological polar surface area (TPSA) is 61.4 Å². The Hall–Kier alpha value is -3.12. The number of aryl methyl sites for hydroxylation is 1. The largest absolute Gasteiger partial charge is 0.352 e. The van der Waals surface area contributed by atoms with Crippen molar-refractivity contribution >= 4 is 29.1 Å². The number of urea groups is 1. The molecule has 30 heavy (non-hydrogen) atoms. The number of rotatable bonds is 3. The van der Waals surface area contributed by atoms with Crippen LogP contribution in [0.4, 0.5) is 16.3 Å². The third-order valence-electron chi connectivity index (χ3n) is 5.47. The summed E-state index contributed by atoms with van der Waals surface area (Å²) in [6, 6.07) is 17.6. The van der Waals surface area contributed by atoms with Crippen LogP contribution in [0.25, 0.3) is 11.3 Å². The molecule has 2 amide bonds. The molecule has 154 valence electrons. The number of nitrogens with one attached hydrogen (secondary N) is 1. The van der Waals surface area contributed by atoms with E-state index in [9.17, 15) is 4.79 Å². The number of piperazine rings is 1. The summed E-state index contributed by atoms with van der Waals surface area (Å²) in [5.41, 5.74) is 4.75. The Kier molecular flexibility index (Phi) is 5.86. The standard InChI is InChI=1S/C23H24ClN5O/c1-16-6-3-4-7-18(16)21-10-11-22(27-26-21)28-12-14-29(15-13-28)23(30)25-20-9-5-8-19(24)17(20)2/h3-11H,12-15H2,1-2H3,(H,25,30). The molecular weight excluding hydrogens is 398 g/mol. The fraction of sp³-hybridized carbons (Fsp3) is 0.261. The van der Waals surface area contributed by atoms with Gasteiger partial charge in [-0.05, 0) is 49.2 Å². The molecule has 0 radical (unpaired) electrons. The van der Waals surface area contributed by atoms with Gasteiger partial charge in [-0.15, -0.1) is 10.2 Å². The molecular formula is C23H24ClN5O. The van der Waals surface area contributed by atoms with E-state index in [0.29, 0.717) is 31.2 Å². The lowest BCUT2D eigenvalue weighted by atomic mass is 10.1. The highest BCUT2D eigenvalue weighted by Gasteiger charge is 2.22. The van der Waals surface area contributed by atoms with E-state index in [2.05, 4.69) is 39.5 Å². The number of hydrogen-bond donors (Lipinski definition) is 1. The first kappa shape index (κ1) is 20.2. The molecule has 1 aromatic heterocycles. The van der Waals surface area contributed by atoms with Gasteiger partial charge in [0.05, 0.1) is 5.69 Å². The highest BCUT2D eigenvalue weighted by molar-refractivity contribution is 6.31. The molecule has 1 aliphatic heterocycles. The van der Waals surface area contributed by atoms with Gasteiger partial charge in [-0.2, -0.15) is 0 Å². The van der Waals surface area contributed by atoms with Crippen LogP contribution in [0, 0.1) is 13.8 Å². The number of anilines is 2. The first-order valence-corrected chi connectivity index (χ1v) is 10.4. The van der Waals surface area contributed by atoms with Crippen molar-refractivity contribution in [3.8, 4) is 11.3 Å². The molecule has 0 aliphatic carbocycles. The summed E-state index contributed by atoms with van der Waals surface area (Å²) in [4.78, 5) is 16.6. The summed E-state index contributed by atoms with van der Waals surface area (Å²) in [5.74, 6) is 0.832. The Morgan fingerprint density at radius 1 is 0.933 bits per heavy atom. The van der Waals surface area contributed by atoms with Crippen LogP contribution in [0.2, 0.25) is 5.02 Å². The number of carbonyl (C=O) groups excluding carboxylic acids is 1. The van der Waals surface area contributed by atoms with Crippen LogP contribution in [0.15, 0.2) is 54.6 Å². The lowest BCUT2D eigenvalue weighted by Crippen LogP contribution is -2.50. The van der Waals surface area contributed by atoms with E-state index in [0.717, 1.165) is 28.3 Å². The SMILES string of the molecule is Cc1ccccc1-c1ccc(N2CCN(C(=O)Nc3cccc(Cl)c3C)CC2)nn1. The molecule has 1 saturated heterocycles. The van der Waals surface area contributed by atoms with Crippen molar-refractivity contribution in [3.63, 3.8) is 0 Å². The maximum absolute atomic E-state index is 12.6. The van der Waals surface area contributed by atoms with Crippen molar-refractivity contribution in [2.45, 2.75) is 13.8 Å². The maximum atomic E-state index is 12.6. The molecule has 2 aromatic carbocycles. The average molecular weight is 422 g/mol. The van der Waals surface area contributed by atoms with Gasteiger partial charge in [-0.1, -0.05) is 41.9 Å². The van der Waals surface area contributed by atoms with E-state index < -0.39 is 0 Å². The first-order valence-electron chi connectivity index (χ1n) is 9.98. The second-order valence-corrected chi connectivity index (χ2v) is 7.82. The predicted molar refractivity (Wildman–Crippen MR) is 121 cm³/mol. The van der Waals surface area contributed by atoms with Crippen LogP contribution in [-0.2, 0) is 0 Å². The minimum Gasteiger partial charge on any atom is -0.352 e. The van der Waals surface area contributed by atoms with Gasteiger partial charge in [0.1, 0.15) is 0 Å². The van der Waals surface area contributed by atoms with Gasteiger partial charge in [0.2, 0.25) is 0 Å². The van der Waals surface area contributed by atoms with Gasteiger partial charge < -0.3 is 15.1 Å².